The summed E-state index contributed by atoms with van der Waals surface area (Å²) in [6.07, 6.45) is 3.82. The van der Waals surface area contributed by atoms with E-state index in [2.05, 4.69) is 0 Å². The lowest BCUT2D eigenvalue weighted by atomic mass is 9.58. The summed E-state index contributed by atoms with van der Waals surface area (Å²) in [5, 5.41) is 0. The van der Waals surface area contributed by atoms with Crippen LogP contribution in [0.4, 0.5) is 10.5 Å². The van der Waals surface area contributed by atoms with Crippen LogP contribution in [-0.4, -0.2) is 36.5 Å². The molecule has 0 saturated heterocycles. The van der Waals surface area contributed by atoms with E-state index in [0.29, 0.717) is 11.3 Å². The molecule has 1 heterocycles. The van der Waals surface area contributed by atoms with Crippen molar-refractivity contribution in [1.29, 1.82) is 0 Å². The van der Waals surface area contributed by atoms with Gasteiger partial charge in [-0.25, -0.2) is 9.69 Å². The van der Waals surface area contributed by atoms with Crippen LogP contribution in [0.3, 0.4) is 0 Å². The number of para-hydroxylation sites is 1. The zero-order valence-corrected chi connectivity index (χ0v) is 17.7. The van der Waals surface area contributed by atoms with Crippen molar-refractivity contribution >= 4 is 29.9 Å². The van der Waals surface area contributed by atoms with Gasteiger partial charge in [0, 0.05) is 12.3 Å². The Bertz CT molecular complexity index is 899. The Balaban J connectivity index is 2.22. The maximum absolute atomic E-state index is 13.9. The highest BCUT2D eigenvalue weighted by atomic mass is 16.6. The first-order valence-electron chi connectivity index (χ1n) is 10.1. The van der Waals surface area contributed by atoms with Gasteiger partial charge < -0.3 is 14.3 Å². The van der Waals surface area contributed by atoms with Crippen molar-refractivity contribution in [3.63, 3.8) is 0 Å². The van der Waals surface area contributed by atoms with Crippen molar-refractivity contribution in [3.05, 3.63) is 42.0 Å². The molecule has 0 saturated carbocycles. The Labute approximate surface area is 176 Å². The molecule has 1 aromatic carbocycles. The molecule has 1 aliphatic carbocycles. The average Bonchev–Trinajstić information content (AvgIpc) is 2.92. The van der Waals surface area contributed by atoms with Crippen LogP contribution in [-0.2, 0) is 29.3 Å². The number of esters is 1. The predicted octanol–water partition coefficient (Wildman–Crippen LogP) is 3.55. The average molecular weight is 413 g/mol. The lowest BCUT2D eigenvalue weighted by molar-refractivity contribution is -0.155. The van der Waals surface area contributed by atoms with Gasteiger partial charge in [0.1, 0.15) is 11.9 Å². The number of allylic oxidation sites excluding steroid dienone is 2. The van der Waals surface area contributed by atoms with Crippen LogP contribution in [0, 0.1) is 11.8 Å². The van der Waals surface area contributed by atoms with Crippen molar-refractivity contribution in [2.75, 3.05) is 11.5 Å². The molecule has 0 unspecified atom stereocenters. The van der Waals surface area contributed by atoms with Gasteiger partial charge in [-0.1, -0.05) is 30.4 Å². The minimum atomic E-state index is -1.41. The summed E-state index contributed by atoms with van der Waals surface area (Å²) < 4.78 is 10.8. The van der Waals surface area contributed by atoms with Gasteiger partial charge in [0.05, 0.1) is 23.6 Å². The maximum Gasteiger partial charge on any atom is 0.421 e. The molecule has 30 heavy (non-hydrogen) atoms. The number of ether oxygens (including phenoxy) is 2. The summed E-state index contributed by atoms with van der Waals surface area (Å²) in [7, 11) is 0. The molecule has 7 heteroatoms. The monoisotopic (exact) mass is 413 g/mol. The molecule has 3 rings (SSSR count). The number of hydrogen-bond acceptors (Lipinski definition) is 6. The quantitative estimate of drug-likeness (QED) is 0.426. The number of aldehydes is 1. The van der Waals surface area contributed by atoms with E-state index in [1.807, 2.05) is 0 Å². The second kappa shape index (κ2) is 8.05. The van der Waals surface area contributed by atoms with Gasteiger partial charge >= 0.3 is 12.1 Å². The number of benzene rings is 1. The number of carbonyl (C=O) groups excluding carboxylic acids is 4. The summed E-state index contributed by atoms with van der Waals surface area (Å²) in [5.74, 6) is -2.52. The molecule has 7 nitrogen and oxygen atoms in total. The number of rotatable bonds is 4. The lowest BCUT2D eigenvalue weighted by Gasteiger charge is -2.41. The van der Waals surface area contributed by atoms with Gasteiger partial charge in [-0.15, -0.1) is 0 Å². The molecule has 1 spiro atoms. The van der Waals surface area contributed by atoms with E-state index in [9.17, 15) is 19.2 Å². The molecule has 160 valence electrons. The molecule has 2 amide bonds. The van der Waals surface area contributed by atoms with Gasteiger partial charge in [-0.05, 0) is 45.7 Å². The summed E-state index contributed by atoms with van der Waals surface area (Å²) >= 11 is 0. The van der Waals surface area contributed by atoms with E-state index in [-0.39, 0.29) is 19.4 Å². The van der Waals surface area contributed by atoms with Gasteiger partial charge in [-0.3, -0.25) is 9.59 Å². The Kier molecular flexibility index (Phi) is 5.83. The first-order chi connectivity index (χ1) is 14.2. The van der Waals surface area contributed by atoms with Crippen LogP contribution >= 0.6 is 0 Å². The maximum atomic E-state index is 13.9. The van der Waals surface area contributed by atoms with Gasteiger partial charge in [-0.2, -0.15) is 0 Å². The number of amides is 2. The van der Waals surface area contributed by atoms with E-state index >= 15 is 0 Å². The fraction of sp³-hybridized carbons (Fsp3) is 0.478. The largest absolute Gasteiger partial charge is 0.466 e. The minimum absolute atomic E-state index is 0.0363. The van der Waals surface area contributed by atoms with Crippen molar-refractivity contribution in [1.82, 2.24) is 0 Å². The standard InChI is InChI=1S/C23H27NO6/c1-5-29-19(26)17-11-8-9-15(13-14-25)23(17)16-10-6-7-12-18(16)24(20(23)27)21(28)30-22(2,3)4/h6-10,12,14-15,17H,5,11,13H2,1-4H3/t15-,17-,23-/m1/s1. The van der Waals surface area contributed by atoms with Crippen LogP contribution in [0.1, 0.15) is 46.1 Å². The SMILES string of the molecule is CCOC(=O)[C@H]1CC=C[C@H](CC=O)[C@]12C(=O)N(C(=O)OC(C)(C)C)c1ccccc12. The molecule has 1 aliphatic heterocycles. The van der Waals surface area contributed by atoms with Crippen molar-refractivity contribution in [2.24, 2.45) is 11.8 Å². The summed E-state index contributed by atoms with van der Waals surface area (Å²) in [6.45, 7) is 7.01. The Morgan fingerprint density at radius 2 is 1.97 bits per heavy atom. The number of hydrogen-bond donors (Lipinski definition) is 0. The van der Waals surface area contributed by atoms with E-state index in [1.54, 1.807) is 64.1 Å². The van der Waals surface area contributed by atoms with Crippen molar-refractivity contribution in [2.45, 2.75) is 51.6 Å². The normalized spacial score (nSPS) is 25.2. The number of anilines is 1. The smallest absolute Gasteiger partial charge is 0.421 e. The Hall–Kier alpha value is -2.96. The molecule has 0 bridgehead atoms. The predicted molar refractivity (Wildman–Crippen MR) is 110 cm³/mol. The van der Waals surface area contributed by atoms with E-state index in [4.69, 9.17) is 9.47 Å². The minimum Gasteiger partial charge on any atom is -0.466 e. The highest BCUT2D eigenvalue weighted by Gasteiger charge is 2.63. The number of carbonyl (C=O) groups is 4. The Morgan fingerprint density at radius 1 is 1.27 bits per heavy atom. The van der Waals surface area contributed by atoms with Crippen molar-refractivity contribution in [3.8, 4) is 0 Å². The zero-order chi connectivity index (χ0) is 22.1. The number of fused-ring (bicyclic) bond motifs is 2. The molecular weight excluding hydrogens is 386 g/mol. The fourth-order valence-corrected chi connectivity index (χ4v) is 4.48. The summed E-state index contributed by atoms with van der Waals surface area (Å²) in [6, 6.07) is 6.87. The third kappa shape index (κ3) is 3.42. The highest BCUT2D eigenvalue weighted by Crippen LogP contribution is 2.55. The topological polar surface area (TPSA) is 90.0 Å². The van der Waals surface area contributed by atoms with Crippen LogP contribution in [0.5, 0.6) is 0 Å². The van der Waals surface area contributed by atoms with Crippen LogP contribution in [0.2, 0.25) is 0 Å². The van der Waals surface area contributed by atoms with E-state index in [1.165, 1.54) is 0 Å². The molecule has 0 N–H and O–H groups in total. The molecule has 3 atom stereocenters. The third-order valence-corrected chi connectivity index (χ3v) is 5.52. The van der Waals surface area contributed by atoms with E-state index in [0.717, 1.165) is 11.2 Å². The summed E-state index contributed by atoms with van der Waals surface area (Å²) in [4.78, 5) is 52.4. The summed E-state index contributed by atoms with van der Waals surface area (Å²) in [5.41, 5.74) is -1.31. The molecule has 0 fully saturated rings. The second-order valence-electron chi connectivity index (χ2n) is 8.48. The number of imide groups is 1. The zero-order valence-electron chi connectivity index (χ0n) is 17.7. The molecular formula is C23H27NO6. The lowest BCUT2D eigenvalue weighted by Crippen LogP contribution is -2.55. The molecule has 0 aromatic heterocycles. The fourth-order valence-electron chi connectivity index (χ4n) is 4.48. The first kappa shape index (κ1) is 21.7. The van der Waals surface area contributed by atoms with Crippen molar-refractivity contribution < 1.29 is 28.7 Å². The third-order valence-electron chi connectivity index (χ3n) is 5.52. The van der Waals surface area contributed by atoms with Gasteiger partial charge in [0.25, 0.3) is 0 Å². The van der Waals surface area contributed by atoms with Crippen LogP contribution < -0.4 is 4.90 Å². The molecule has 2 aliphatic rings. The van der Waals surface area contributed by atoms with Crippen LogP contribution in [0.15, 0.2) is 36.4 Å². The highest BCUT2D eigenvalue weighted by molar-refractivity contribution is 6.22. The Morgan fingerprint density at radius 3 is 2.60 bits per heavy atom. The first-order valence-corrected chi connectivity index (χ1v) is 10.1. The second-order valence-corrected chi connectivity index (χ2v) is 8.48. The molecule has 0 radical (unpaired) electrons. The van der Waals surface area contributed by atoms with Gasteiger partial charge in [0.15, 0.2) is 0 Å². The molecule has 1 aromatic rings. The van der Waals surface area contributed by atoms with Gasteiger partial charge in [0.2, 0.25) is 5.91 Å². The van der Waals surface area contributed by atoms with E-state index < -0.39 is 40.8 Å². The number of nitrogens with zero attached hydrogens (tertiary/aromatic N) is 1. The van der Waals surface area contributed by atoms with Crippen LogP contribution in [0.25, 0.3) is 0 Å².